The molecule has 0 rings (SSSR count). The zero-order valence-electron chi connectivity index (χ0n) is 9.35. The molecule has 0 saturated heterocycles. The maximum atomic E-state index is 3.58. The average Bonchev–Trinajstić information content (AvgIpc) is 2.14. The first-order valence-electron chi connectivity index (χ1n) is 5.56. The van der Waals surface area contributed by atoms with Crippen molar-refractivity contribution < 1.29 is 0 Å². The zero-order valence-corrected chi connectivity index (χ0v) is 10.9. The summed E-state index contributed by atoms with van der Waals surface area (Å²) >= 11 is 3.58. The van der Waals surface area contributed by atoms with Gasteiger partial charge >= 0.3 is 0 Å². The highest BCUT2D eigenvalue weighted by atomic mass is 79.9. The predicted molar refractivity (Wildman–Crippen MR) is 64.6 cm³/mol. The molecule has 2 heteroatoms. The Labute approximate surface area is 92.0 Å². The molecule has 0 saturated carbocycles. The second-order valence-corrected chi connectivity index (χ2v) is 4.38. The van der Waals surface area contributed by atoms with Gasteiger partial charge in [0.1, 0.15) is 0 Å². The fourth-order valence-corrected chi connectivity index (χ4v) is 2.24. The van der Waals surface area contributed by atoms with Crippen molar-refractivity contribution in [3.05, 3.63) is 0 Å². The van der Waals surface area contributed by atoms with Crippen LogP contribution in [0.3, 0.4) is 0 Å². The van der Waals surface area contributed by atoms with Crippen molar-refractivity contribution in [1.82, 2.24) is 4.90 Å². The number of nitrogens with zero attached hydrogens (tertiary/aromatic N) is 1. The van der Waals surface area contributed by atoms with Crippen LogP contribution in [-0.2, 0) is 0 Å². The molecule has 0 aromatic carbocycles. The Morgan fingerprint density at radius 2 is 1.62 bits per heavy atom. The van der Waals surface area contributed by atoms with E-state index in [1.54, 1.807) is 0 Å². The van der Waals surface area contributed by atoms with Gasteiger partial charge in [-0.3, -0.25) is 0 Å². The molecular weight excluding hydrogens is 226 g/mol. The highest BCUT2D eigenvalue weighted by molar-refractivity contribution is 9.09. The highest BCUT2D eigenvalue weighted by Gasteiger charge is 2.09. The number of hydrogen-bond acceptors (Lipinski definition) is 1. The van der Waals surface area contributed by atoms with E-state index in [2.05, 4.69) is 41.6 Å². The molecule has 0 aromatic heterocycles. The summed E-state index contributed by atoms with van der Waals surface area (Å²) in [4.78, 5) is 2.59. The molecule has 0 aliphatic carbocycles. The molecule has 0 N–H and O–H groups in total. The van der Waals surface area contributed by atoms with Crippen molar-refractivity contribution in [3.63, 3.8) is 0 Å². The molecule has 0 amide bonds. The van der Waals surface area contributed by atoms with E-state index in [0.717, 1.165) is 11.2 Å². The van der Waals surface area contributed by atoms with E-state index in [9.17, 15) is 0 Å². The van der Waals surface area contributed by atoms with Crippen molar-refractivity contribution in [2.75, 3.05) is 25.0 Å². The Morgan fingerprint density at radius 1 is 1.08 bits per heavy atom. The molecule has 13 heavy (non-hydrogen) atoms. The van der Waals surface area contributed by atoms with Crippen LogP contribution in [0.1, 0.15) is 40.0 Å². The summed E-state index contributed by atoms with van der Waals surface area (Å²) in [5, 5.41) is 1.15. The van der Waals surface area contributed by atoms with Gasteiger partial charge in [0.25, 0.3) is 0 Å². The quantitative estimate of drug-likeness (QED) is 0.596. The van der Waals surface area contributed by atoms with Crippen LogP contribution in [-0.4, -0.2) is 29.9 Å². The summed E-state index contributed by atoms with van der Waals surface area (Å²) in [6, 6.07) is 0. The van der Waals surface area contributed by atoms with E-state index >= 15 is 0 Å². The summed E-state index contributed by atoms with van der Waals surface area (Å²) in [5.74, 6) is 0.832. The minimum absolute atomic E-state index is 0.832. The third kappa shape index (κ3) is 6.50. The largest absolute Gasteiger partial charge is 0.303 e. The van der Waals surface area contributed by atoms with Crippen LogP contribution in [0.25, 0.3) is 0 Å². The van der Waals surface area contributed by atoms with E-state index in [0.29, 0.717) is 0 Å². The van der Waals surface area contributed by atoms with Gasteiger partial charge in [-0.15, -0.1) is 0 Å². The lowest BCUT2D eigenvalue weighted by Gasteiger charge is -2.25. The molecule has 0 bridgehead atoms. The lowest BCUT2D eigenvalue weighted by atomic mass is 10.1. The molecule has 1 nitrogen and oxygen atoms in total. The molecule has 0 radical (unpaired) electrons. The average molecular weight is 250 g/mol. The van der Waals surface area contributed by atoms with Gasteiger partial charge in [-0.05, 0) is 31.8 Å². The number of hydrogen-bond donors (Lipinski definition) is 0. The summed E-state index contributed by atoms with van der Waals surface area (Å²) in [6.07, 6.45) is 3.84. The van der Waals surface area contributed by atoms with Gasteiger partial charge in [0.2, 0.25) is 0 Å². The second-order valence-electron chi connectivity index (χ2n) is 3.73. The molecule has 0 aliphatic rings. The number of rotatable bonds is 8. The Morgan fingerprint density at radius 3 is 1.92 bits per heavy atom. The van der Waals surface area contributed by atoms with Gasteiger partial charge in [0.15, 0.2) is 0 Å². The molecule has 1 unspecified atom stereocenters. The zero-order chi connectivity index (χ0) is 10.1. The van der Waals surface area contributed by atoms with Crippen molar-refractivity contribution in [2.24, 2.45) is 5.92 Å². The predicted octanol–water partition coefficient (Wildman–Crippen LogP) is 3.53. The monoisotopic (exact) mass is 249 g/mol. The van der Waals surface area contributed by atoms with Crippen LogP contribution < -0.4 is 0 Å². The third-order valence-electron chi connectivity index (χ3n) is 2.39. The molecule has 0 aromatic rings. The molecule has 0 aliphatic heterocycles. The number of alkyl halides is 1. The Kier molecular flexibility index (Phi) is 9.32. The van der Waals surface area contributed by atoms with Gasteiger partial charge < -0.3 is 4.90 Å². The van der Waals surface area contributed by atoms with Gasteiger partial charge in [-0.2, -0.15) is 0 Å². The lowest BCUT2D eigenvalue weighted by molar-refractivity contribution is 0.238. The molecule has 0 spiro atoms. The second kappa shape index (κ2) is 9.01. The fraction of sp³-hybridized carbons (Fsp3) is 1.00. The lowest BCUT2D eigenvalue weighted by Crippen LogP contribution is -2.31. The van der Waals surface area contributed by atoms with Gasteiger partial charge in [-0.1, -0.05) is 43.1 Å². The standard InChI is InChI=1S/C11H24BrN/c1-4-7-13(8-5-2)10-11(6-3)9-12/h11H,4-10H2,1-3H3. The van der Waals surface area contributed by atoms with Crippen molar-refractivity contribution in [2.45, 2.75) is 40.0 Å². The van der Waals surface area contributed by atoms with E-state index in [1.165, 1.54) is 38.9 Å². The maximum absolute atomic E-state index is 3.58. The minimum Gasteiger partial charge on any atom is -0.303 e. The molecule has 0 heterocycles. The Bertz CT molecular complexity index is 96.3. The molecule has 1 atom stereocenters. The summed E-state index contributed by atoms with van der Waals surface area (Å²) in [7, 11) is 0. The number of halogens is 1. The van der Waals surface area contributed by atoms with Crippen LogP contribution in [0.5, 0.6) is 0 Å². The van der Waals surface area contributed by atoms with Crippen molar-refractivity contribution in [3.8, 4) is 0 Å². The molecule has 80 valence electrons. The van der Waals surface area contributed by atoms with Gasteiger partial charge in [0.05, 0.1) is 0 Å². The maximum Gasteiger partial charge on any atom is 0.00717 e. The van der Waals surface area contributed by atoms with E-state index in [1.807, 2.05) is 0 Å². The van der Waals surface area contributed by atoms with E-state index in [4.69, 9.17) is 0 Å². The SMILES string of the molecule is CCCN(CCC)CC(CC)CBr. The van der Waals surface area contributed by atoms with Crippen LogP contribution in [0.2, 0.25) is 0 Å². The van der Waals surface area contributed by atoms with Crippen LogP contribution in [0.4, 0.5) is 0 Å². The van der Waals surface area contributed by atoms with Gasteiger partial charge in [-0.25, -0.2) is 0 Å². The summed E-state index contributed by atoms with van der Waals surface area (Å²) < 4.78 is 0. The first kappa shape index (κ1) is 13.4. The summed E-state index contributed by atoms with van der Waals surface area (Å²) in [6.45, 7) is 10.6. The minimum atomic E-state index is 0.832. The van der Waals surface area contributed by atoms with Crippen LogP contribution in [0.15, 0.2) is 0 Å². The summed E-state index contributed by atoms with van der Waals surface area (Å²) in [5.41, 5.74) is 0. The Hall–Kier alpha value is 0.440. The first-order valence-corrected chi connectivity index (χ1v) is 6.68. The van der Waals surface area contributed by atoms with Crippen molar-refractivity contribution in [1.29, 1.82) is 0 Å². The first-order chi connectivity index (χ1) is 6.28. The molecule has 0 fully saturated rings. The van der Waals surface area contributed by atoms with Crippen molar-refractivity contribution >= 4 is 15.9 Å². The molecular formula is C11H24BrN. The van der Waals surface area contributed by atoms with Crippen LogP contribution >= 0.6 is 15.9 Å². The van der Waals surface area contributed by atoms with Gasteiger partial charge in [0, 0.05) is 11.9 Å². The van der Waals surface area contributed by atoms with E-state index < -0.39 is 0 Å². The topological polar surface area (TPSA) is 3.24 Å². The van der Waals surface area contributed by atoms with E-state index in [-0.39, 0.29) is 0 Å². The fourth-order valence-electron chi connectivity index (χ4n) is 1.58. The highest BCUT2D eigenvalue weighted by Crippen LogP contribution is 2.09. The normalized spacial score (nSPS) is 13.6. The third-order valence-corrected chi connectivity index (χ3v) is 3.31. The smallest absolute Gasteiger partial charge is 0.00717 e. The Balaban J connectivity index is 3.76. The van der Waals surface area contributed by atoms with Crippen LogP contribution in [0, 0.1) is 5.92 Å².